The number of rotatable bonds is 12. The van der Waals surface area contributed by atoms with Gasteiger partial charge in [-0.3, -0.25) is 19.0 Å². The zero-order valence-corrected chi connectivity index (χ0v) is 15.4. The summed E-state index contributed by atoms with van der Waals surface area (Å²) in [4.78, 5) is 22.8. The molecule has 2 N–H and O–H groups in total. The van der Waals surface area contributed by atoms with Crippen molar-refractivity contribution in [2.24, 2.45) is 0 Å². The molecule has 8 heteroatoms. The summed E-state index contributed by atoms with van der Waals surface area (Å²) >= 11 is 0. The Hall–Kier alpha value is 0.340. The van der Waals surface area contributed by atoms with Crippen LogP contribution in [0, 0.1) is 0 Å². The topological polar surface area (TPSA) is 58.2 Å². The van der Waals surface area contributed by atoms with Crippen molar-refractivity contribution < 1.29 is 9.59 Å². The second-order valence-corrected chi connectivity index (χ2v) is 8.53. The van der Waals surface area contributed by atoms with Crippen LogP contribution in [0.3, 0.4) is 0 Å². The van der Waals surface area contributed by atoms with Crippen LogP contribution >= 0.6 is 43.5 Å². The quantitative estimate of drug-likeness (QED) is 0.237. The molecule has 0 aliphatic rings. The van der Waals surface area contributed by atoms with Crippen LogP contribution in [-0.4, -0.2) is 23.3 Å². The van der Waals surface area contributed by atoms with Crippen LogP contribution in [0.15, 0.2) is 0 Å². The van der Waals surface area contributed by atoms with Crippen LogP contribution in [0.5, 0.6) is 0 Å². The molecule has 4 nitrogen and oxygen atoms in total. The van der Waals surface area contributed by atoms with Gasteiger partial charge in [-0.05, 0) is 12.8 Å². The molecule has 0 atom stereocenters. The van der Waals surface area contributed by atoms with Crippen molar-refractivity contribution in [1.29, 1.82) is 0 Å². The minimum atomic E-state index is -0.584. The highest BCUT2D eigenvalue weighted by Crippen LogP contribution is 2.20. The van der Waals surface area contributed by atoms with Crippen LogP contribution in [0.1, 0.15) is 52.4 Å². The van der Waals surface area contributed by atoms with Crippen molar-refractivity contribution in [2.75, 3.05) is 11.5 Å². The summed E-state index contributed by atoms with van der Waals surface area (Å²) in [6.07, 6.45) is 7.06. The molecule has 0 radical (unpaired) electrons. The third-order valence-corrected chi connectivity index (χ3v) is 6.15. The molecule has 118 valence electrons. The van der Waals surface area contributed by atoms with Crippen molar-refractivity contribution in [2.45, 2.75) is 52.4 Å². The lowest BCUT2D eigenvalue weighted by Gasteiger charge is -2.04. The molecule has 0 fully saturated rings. The lowest BCUT2D eigenvalue weighted by Crippen LogP contribution is -2.32. The van der Waals surface area contributed by atoms with Crippen LogP contribution in [0.4, 0.5) is 0 Å². The van der Waals surface area contributed by atoms with Crippen molar-refractivity contribution >= 4 is 55.4 Å². The van der Waals surface area contributed by atoms with Gasteiger partial charge in [-0.15, -0.1) is 0 Å². The number of hydrogen-bond acceptors (Lipinski definition) is 6. The van der Waals surface area contributed by atoms with Gasteiger partial charge in [0.25, 0.3) is 0 Å². The molecule has 2 amide bonds. The summed E-state index contributed by atoms with van der Waals surface area (Å²) in [5.74, 6) is 0.810. The summed E-state index contributed by atoms with van der Waals surface area (Å²) in [7, 11) is 5.60. The molecular weight excluding hydrogens is 332 g/mol. The van der Waals surface area contributed by atoms with E-state index in [0.717, 1.165) is 24.3 Å². The van der Waals surface area contributed by atoms with Gasteiger partial charge in [0, 0.05) is 33.5 Å². The van der Waals surface area contributed by atoms with Crippen LogP contribution in [0.25, 0.3) is 0 Å². The molecule has 0 aromatic rings. The second-order valence-electron chi connectivity index (χ2n) is 4.09. The van der Waals surface area contributed by atoms with Gasteiger partial charge < -0.3 is 0 Å². The Bertz CT molecular complexity index is 242. The fourth-order valence-corrected chi connectivity index (χ4v) is 4.41. The number of unbranched alkanes of at least 4 members (excludes halogenated alkanes) is 4. The van der Waals surface area contributed by atoms with Gasteiger partial charge >= 0.3 is 11.8 Å². The van der Waals surface area contributed by atoms with E-state index in [9.17, 15) is 9.59 Å². The summed E-state index contributed by atoms with van der Waals surface area (Å²) in [5, 5.41) is 0. The third kappa shape index (κ3) is 13.3. The molecule has 0 aliphatic heterocycles. The van der Waals surface area contributed by atoms with Gasteiger partial charge in [-0.25, -0.2) is 0 Å². The van der Waals surface area contributed by atoms with Gasteiger partial charge in [-0.2, -0.15) is 0 Å². The van der Waals surface area contributed by atoms with Crippen LogP contribution in [0.2, 0.25) is 0 Å². The highest BCUT2D eigenvalue weighted by molar-refractivity contribution is 8.76. The second kappa shape index (κ2) is 15.7. The minimum absolute atomic E-state index is 0.584. The Kier molecular flexibility index (Phi) is 16.0. The van der Waals surface area contributed by atoms with E-state index in [0.29, 0.717) is 0 Å². The summed E-state index contributed by atoms with van der Waals surface area (Å²) < 4.78 is 5.05. The van der Waals surface area contributed by atoms with E-state index >= 15 is 0 Å². The molecule has 0 bridgehead atoms. The largest absolute Gasteiger partial charge is 0.320 e. The highest BCUT2D eigenvalue weighted by atomic mass is 33.1. The number of carbonyl (C=O) groups is 2. The van der Waals surface area contributed by atoms with E-state index in [1.165, 1.54) is 47.6 Å². The lowest BCUT2D eigenvalue weighted by molar-refractivity contribution is -0.136. The molecule has 0 aromatic carbocycles. The van der Waals surface area contributed by atoms with Gasteiger partial charge in [-0.1, -0.05) is 61.1 Å². The average molecular weight is 357 g/mol. The smallest absolute Gasteiger partial charge is 0.283 e. The maximum Gasteiger partial charge on any atom is 0.320 e. The van der Waals surface area contributed by atoms with E-state index in [2.05, 4.69) is 23.3 Å². The van der Waals surface area contributed by atoms with Crippen LogP contribution in [-0.2, 0) is 9.59 Å². The average Bonchev–Trinajstić information content (AvgIpc) is 2.45. The predicted molar refractivity (Wildman–Crippen MR) is 95.4 cm³/mol. The summed E-state index contributed by atoms with van der Waals surface area (Å²) in [5.41, 5.74) is 0. The maximum absolute atomic E-state index is 11.4. The fourth-order valence-electron chi connectivity index (χ4n) is 1.13. The first-order chi connectivity index (χ1) is 9.72. The molecule has 0 saturated carbocycles. The van der Waals surface area contributed by atoms with Gasteiger partial charge in [0.05, 0.1) is 0 Å². The maximum atomic E-state index is 11.4. The molecule has 0 rings (SSSR count). The minimum Gasteiger partial charge on any atom is -0.283 e. The standard InChI is InChI=1S/C12H24N2O2S4/c1-3-5-7-9-17-19-13-11(15)12(16)14-20-18-10-8-6-4-2/h3-10H2,1-2H3,(H,13,15)(H,14,16). The Morgan fingerprint density at radius 1 is 0.750 bits per heavy atom. The van der Waals surface area contributed by atoms with E-state index < -0.39 is 11.8 Å². The molecule has 0 aliphatic carbocycles. The Morgan fingerprint density at radius 2 is 1.15 bits per heavy atom. The van der Waals surface area contributed by atoms with E-state index in [-0.39, 0.29) is 0 Å². The first-order valence-corrected chi connectivity index (χ1v) is 11.5. The predicted octanol–water partition coefficient (Wildman–Crippen LogP) is 4.19. The Labute approximate surface area is 138 Å². The molecule has 0 saturated heterocycles. The third-order valence-electron chi connectivity index (χ3n) is 2.26. The monoisotopic (exact) mass is 356 g/mol. The molecule has 0 spiro atoms. The lowest BCUT2D eigenvalue weighted by atomic mass is 10.3. The normalized spacial score (nSPS) is 10.3. The Balaban J connectivity index is 3.40. The van der Waals surface area contributed by atoms with Gasteiger partial charge in [0.1, 0.15) is 0 Å². The highest BCUT2D eigenvalue weighted by Gasteiger charge is 2.13. The molecule has 0 aromatic heterocycles. The Morgan fingerprint density at radius 3 is 1.50 bits per heavy atom. The van der Waals surface area contributed by atoms with Crippen molar-refractivity contribution in [3.8, 4) is 0 Å². The molecule has 0 heterocycles. The first-order valence-electron chi connectivity index (χ1n) is 6.89. The summed E-state index contributed by atoms with van der Waals surface area (Å²) in [6.45, 7) is 4.31. The zero-order valence-electron chi connectivity index (χ0n) is 12.1. The molecular formula is C12H24N2O2S4. The van der Waals surface area contributed by atoms with E-state index in [1.807, 2.05) is 0 Å². The first kappa shape index (κ1) is 20.3. The van der Waals surface area contributed by atoms with Gasteiger partial charge in [0.2, 0.25) is 0 Å². The van der Waals surface area contributed by atoms with Crippen molar-refractivity contribution in [3.05, 3.63) is 0 Å². The zero-order chi connectivity index (χ0) is 15.1. The number of nitrogens with one attached hydrogen (secondary N) is 2. The van der Waals surface area contributed by atoms with Gasteiger partial charge in [0.15, 0.2) is 0 Å². The number of carbonyl (C=O) groups excluding carboxylic acids is 2. The SMILES string of the molecule is CCCCCSSNC(=O)C(=O)NSSCCCCC. The number of hydrogen-bond donors (Lipinski definition) is 2. The number of amides is 2. The van der Waals surface area contributed by atoms with E-state index in [1.54, 1.807) is 21.6 Å². The van der Waals surface area contributed by atoms with Crippen molar-refractivity contribution in [3.63, 3.8) is 0 Å². The van der Waals surface area contributed by atoms with Crippen molar-refractivity contribution in [1.82, 2.24) is 9.44 Å². The van der Waals surface area contributed by atoms with Crippen LogP contribution < -0.4 is 9.44 Å². The molecule has 0 unspecified atom stereocenters. The fraction of sp³-hybridized carbons (Fsp3) is 0.833. The summed E-state index contributed by atoms with van der Waals surface area (Å²) in [6, 6.07) is 0. The molecule has 20 heavy (non-hydrogen) atoms. The van der Waals surface area contributed by atoms with E-state index in [4.69, 9.17) is 0 Å².